The third kappa shape index (κ3) is 3.08. The minimum Gasteiger partial charge on any atom is -0.328 e. The second kappa shape index (κ2) is 6.27. The molecule has 0 saturated heterocycles. The lowest BCUT2D eigenvalue weighted by Crippen LogP contribution is -2.07. The minimum absolute atomic E-state index is 0.589. The predicted octanol–water partition coefficient (Wildman–Crippen LogP) is 3.76. The summed E-state index contributed by atoms with van der Waals surface area (Å²) in [5.74, 6) is 1.65. The van der Waals surface area contributed by atoms with Crippen LogP contribution in [0.1, 0.15) is 17.1 Å². The van der Waals surface area contributed by atoms with Crippen molar-refractivity contribution in [3.8, 4) is 0 Å². The molecule has 0 spiro atoms. The molecular formula is C17H18ClN3. The van der Waals surface area contributed by atoms with Crippen molar-refractivity contribution in [3.63, 3.8) is 0 Å². The molecule has 0 fully saturated rings. The maximum Gasteiger partial charge on any atom is 0.111 e. The zero-order valence-corrected chi connectivity index (χ0v) is 12.8. The summed E-state index contributed by atoms with van der Waals surface area (Å²) in [6, 6.07) is 12.4. The van der Waals surface area contributed by atoms with Crippen LogP contribution in [0.2, 0.25) is 0 Å². The van der Waals surface area contributed by atoms with Gasteiger partial charge < -0.3 is 4.57 Å². The van der Waals surface area contributed by atoms with Crippen LogP contribution in [0.3, 0.4) is 0 Å². The fourth-order valence-electron chi connectivity index (χ4n) is 2.58. The van der Waals surface area contributed by atoms with Gasteiger partial charge in [-0.1, -0.05) is 12.1 Å². The molecule has 4 heteroatoms. The summed E-state index contributed by atoms with van der Waals surface area (Å²) < 4.78 is 2.28. The number of rotatable bonds is 5. The topological polar surface area (TPSA) is 30.7 Å². The number of halogens is 1. The minimum atomic E-state index is 0.589. The van der Waals surface area contributed by atoms with Crippen molar-refractivity contribution in [2.24, 2.45) is 0 Å². The standard InChI is InChI=1S/C17H18ClN3/c1-13-5-6-15-16(12-13)21(17(20-15)7-9-18)11-8-14-4-2-3-10-19-14/h2-6,10,12H,7-9,11H2,1H3. The van der Waals surface area contributed by atoms with E-state index in [4.69, 9.17) is 16.6 Å². The molecule has 0 saturated carbocycles. The van der Waals surface area contributed by atoms with E-state index >= 15 is 0 Å². The summed E-state index contributed by atoms with van der Waals surface area (Å²) in [6.07, 6.45) is 3.53. The summed E-state index contributed by atoms with van der Waals surface area (Å²) in [6.45, 7) is 2.99. The Morgan fingerprint density at radius 1 is 1.14 bits per heavy atom. The van der Waals surface area contributed by atoms with Crippen molar-refractivity contribution in [1.29, 1.82) is 0 Å². The van der Waals surface area contributed by atoms with E-state index in [2.05, 4.69) is 40.7 Å². The largest absolute Gasteiger partial charge is 0.328 e. The molecule has 108 valence electrons. The van der Waals surface area contributed by atoms with Gasteiger partial charge in [-0.3, -0.25) is 4.98 Å². The molecule has 21 heavy (non-hydrogen) atoms. The monoisotopic (exact) mass is 299 g/mol. The molecule has 3 rings (SSSR count). The maximum absolute atomic E-state index is 5.92. The highest BCUT2D eigenvalue weighted by Crippen LogP contribution is 2.19. The Kier molecular flexibility index (Phi) is 4.20. The lowest BCUT2D eigenvalue weighted by atomic mass is 10.2. The molecule has 0 amide bonds. The van der Waals surface area contributed by atoms with Gasteiger partial charge in [-0.15, -0.1) is 11.6 Å². The van der Waals surface area contributed by atoms with Crippen molar-refractivity contribution in [2.75, 3.05) is 5.88 Å². The number of pyridine rings is 1. The van der Waals surface area contributed by atoms with Crippen LogP contribution in [0.25, 0.3) is 11.0 Å². The molecule has 2 heterocycles. The number of alkyl halides is 1. The van der Waals surface area contributed by atoms with E-state index in [0.29, 0.717) is 5.88 Å². The smallest absolute Gasteiger partial charge is 0.111 e. The van der Waals surface area contributed by atoms with Gasteiger partial charge in [-0.2, -0.15) is 0 Å². The highest BCUT2D eigenvalue weighted by atomic mass is 35.5. The van der Waals surface area contributed by atoms with Gasteiger partial charge in [0.05, 0.1) is 11.0 Å². The first-order valence-corrected chi connectivity index (χ1v) is 7.73. The summed E-state index contributed by atoms with van der Waals surface area (Å²) in [5, 5.41) is 0. The van der Waals surface area contributed by atoms with E-state index in [0.717, 1.165) is 36.4 Å². The molecule has 2 aromatic heterocycles. The molecule has 0 radical (unpaired) electrons. The highest BCUT2D eigenvalue weighted by molar-refractivity contribution is 6.17. The molecule has 0 aliphatic carbocycles. The van der Waals surface area contributed by atoms with Crippen LogP contribution in [0.5, 0.6) is 0 Å². The quantitative estimate of drug-likeness (QED) is 0.672. The SMILES string of the molecule is Cc1ccc2nc(CCCl)n(CCc3ccccn3)c2c1. The molecule has 3 nitrogen and oxygen atoms in total. The van der Waals surface area contributed by atoms with E-state index < -0.39 is 0 Å². The Balaban J connectivity index is 1.94. The molecule has 0 aliphatic heterocycles. The van der Waals surface area contributed by atoms with Crippen LogP contribution >= 0.6 is 11.6 Å². The van der Waals surface area contributed by atoms with Crippen LogP contribution in [-0.2, 0) is 19.4 Å². The number of fused-ring (bicyclic) bond motifs is 1. The first kappa shape index (κ1) is 14.1. The van der Waals surface area contributed by atoms with Gasteiger partial charge in [-0.25, -0.2) is 4.98 Å². The summed E-state index contributed by atoms with van der Waals surface area (Å²) in [4.78, 5) is 9.11. The van der Waals surface area contributed by atoms with Gasteiger partial charge in [0.2, 0.25) is 0 Å². The van der Waals surface area contributed by atoms with Gasteiger partial charge in [-0.05, 0) is 36.8 Å². The lowest BCUT2D eigenvalue weighted by molar-refractivity contribution is 0.666. The van der Waals surface area contributed by atoms with Gasteiger partial charge in [0.15, 0.2) is 0 Å². The maximum atomic E-state index is 5.92. The fraction of sp³-hybridized carbons (Fsp3) is 0.294. The first-order chi connectivity index (χ1) is 10.3. The summed E-state index contributed by atoms with van der Waals surface area (Å²) in [7, 11) is 0. The van der Waals surface area contributed by atoms with E-state index in [-0.39, 0.29) is 0 Å². The van der Waals surface area contributed by atoms with Crippen LogP contribution in [0.15, 0.2) is 42.6 Å². The van der Waals surface area contributed by atoms with Gasteiger partial charge in [0.1, 0.15) is 5.82 Å². The molecule has 0 bridgehead atoms. The van der Waals surface area contributed by atoms with E-state index in [1.165, 1.54) is 11.1 Å². The number of aryl methyl sites for hydroxylation is 4. The van der Waals surface area contributed by atoms with Gasteiger partial charge in [0, 0.05) is 37.2 Å². The van der Waals surface area contributed by atoms with E-state index in [1.54, 1.807) is 0 Å². The average Bonchev–Trinajstić information content (AvgIpc) is 2.83. The van der Waals surface area contributed by atoms with Gasteiger partial charge in [0.25, 0.3) is 0 Å². The van der Waals surface area contributed by atoms with E-state index in [9.17, 15) is 0 Å². The molecular weight excluding hydrogens is 282 g/mol. The van der Waals surface area contributed by atoms with Crippen LogP contribution < -0.4 is 0 Å². The first-order valence-electron chi connectivity index (χ1n) is 7.19. The van der Waals surface area contributed by atoms with Gasteiger partial charge >= 0.3 is 0 Å². The average molecular weight is 300 g/mol. The highest BCUT2D eigenvalue weighted by Gasteiger charge is 2.10. The molecule has 0 aliphatic rings. The number of imidazole rings is 1. The van der Waals surface area contributed by atoms with Crippen molar-refractivity contribution in [3.05, 3.63) is 59.7 Å². The Morgan fingerprint density at radius 2 is 2.05 bits per heavy atom. The zero-order chi connectivity index (χ0) is 14.7. The number of hydrogen-bond acceptors (Lipinski definition) is 2. The van der Waals surface area contributed by atoms with Crippen LogP contribution in [0, 0.1) is 6.92 Å². The van der Waals surface area contributed by atoms with Crippen molar-refractivity contribution in [2.45, 2.75) is 26.3 Å². The second-order valence-electron chi connectivity index (χ2n) is 5.18. The Hall–Kier alpha value is -1.87. The third-order valence-corrected chi connectivity index (χ3v) is 3.81. The molecule has 0 atom stereocenters. The Morgan fingerprint density at radius 3 is 2.81 bits per heavy atom. The second-order valence-corrected chi connectivity index (χ2v) is 5.56. The molecule has 1 aromatic carbocycles. The zero-order valence-electron chi connectivity index (χ0n) is 12.1. The predicted molar refractivity (Wildman–Crippen MR) is 86.8 cm³/mol. The fourth-order valence-corrected chi connectivity index (χ4v) is 2.75. The molecule has 0 unspecified atom stereocenters. The van der Waals surface area contributed by atoms with Crippen molar-refractivity contribution >= 4 is 22.6 Å². The van der Waals surface area contributed by atoms with Crippen molar-refractivity contribution in [1.82, 2.24) is 14.5 Å². The van der Waals surface area contributed by atoms with Crippen LogP contribution in [0.4, 0.5) is 0 Å². The van der Waals surface area contributed by atoms with Crippen LogP contribution in [-0.4, -0.2) is 20.4 Å². The van der Waals surface area contributed by atoms with Crippen molar-refractivity contribution < 1.29 is 0 Å². The molecule has 3 aromatic rings. The number of benzene rings is 1. The summed E-state index contributed by atoms with van der Waals surface area (Å²) in [5.41, 5.74) is 4.58. The number of nitrogens with zero attached hydrogens (tertiary/aromatic N) is 3. The Bertz CT molecular complexity index is 734. The molecule has 0 N–H and O–H groups in total. The lowest BCUT2D eigenvalue weighted by Gasteiger charge is -2.08. The van der Waals surface area contributed by atoms with E-state index in [1.807, 2.05) is 18.3 Å². The summed E-state index contributed by atoms with van der Waals surface area (Å²) >= 11 is 5.92. The Labute approximate surface area is 129 Å². The number of aromatic nitrogens is 3. The third-order valence-electron chi connectivity index (χ3n) is 3.62. The number of hydrogen-bond donors (Lipinski definition) is 0. The normalized spacial score (nSPS) is 11.1.